The lowest BCUT2D eigenvalue weighted by Gasteiger charge is -2.23. The summed E-state index contributed by atoms with van der Waals surface area (Å²) in [6, 6.07) is 7.38. The predicted molar refractivity (Wildman–Crippen MR) is 91.9 cm³/mol. The number of amides is 1. The van der Waals surface area contributed by atoms with Crippen LogP contribution in [0.4, 0.5) is 0 Å². The van der Waals surface area contributed by atoms with Gasteiger partial charge in [0.1, 0.15) is 5.00 Å². The van der Waals surface area contributed by atoms with Crippen molar-refractivity contribution in [3.8, 4) is 5.00 Å². The van der Waals surface area contributed by atoms with Crippen molar-refractivity contribution in [2.24, 2.45) is 0 Å². The first kappa shape index (κ1) is 15.3. The summed E-state index contributed by atoms with van der Waals surface area (Å²) in [6.07, 6.45) is 1.81. The van der Waals surface area contributed by atoms with Crippen molar-refractivity contribution in [3.63, 3.8) is 0 Å². The second-order valence-corrected chi connectivity index (χ2v) is 7.45. The molecule has 0 saturated carbocycles. The minimum absolute atomic E-state index is 0.0224. The van der Waals surface area contributed by atoms with Crippen LogP contribution in [0.1, 0.15) is 22.5 Å². The van der Waals surface area contributed by atoms with E-state index >= 15 is 0 Å². The highest BCUT2D eigenvalue weighted by atomic mass is 32.1. The highest BCUT2D eigenvalue weighted by Gasteiger charge is 2.31. The smallest absolute Gasteiger partial charge is 0.333 e. The first-order valence-corrected chi connectivity index (χ1v) is 9.41. The van der Waals surface area contributed by atoms with Gasteiger partial charge in [0.15, 0.2) is 0 Å². The molecule has 1 atom stereocenters. The average Bonchev–Trinajstić information content (AvgIpc) is 3.37. The molecule has 1 amide bonds. The van der Waals surface area contributed by atoms with Crippen LogP contribution in [-0.2, 0) is 6.54 Å². The zero-order valence-electron chi connectivity index (χ0n) is 12.7. The Balaban J connectivity index is 1.55. The molecule has 124 valence electrons. The molecule has 7 nitrogen and oxygen atoms in total. The van der Waals surface area contributed by atoms with Gasteiger partial charge in [0, 0.05) is 6.54 Å². The Kier molecular flexibility index (Phi) is 4.03. The third-order valence-electron chi connectivity index (χ3n) is 4.11. The summed E-state index contributed by atoms with van der Waals surface area (Å²) in [4.78, 5) is 27.6. The summed E-state index contributed by atoms with van der Waals surface area (Å²) >= 11 is 2.88. The summed E-state index contributed by atoms with van der Waals surface area (Å²) < 4.78 is 2.65. The maximum Gasteiger partial charge on any atom is 0.369 e. The molecule has 3 aromatic heterocycles. The molecule has 4 heterocycles. The first-order valence-electron chi connectivity index (χ1n) is 7.65. The molecule has 0 radical (unpaired) electrons. The van der Waals surface area contributed by atoms with Crippen molar-refractivity contribution < 1.29 is 4.79 Å². The highest BCUT2D eigenvalue weighted by molar-refractivity contribution is 7.12. The lowest BCUT2D eigenvalue weighted by molar-refractivity contribution is 0.0725. The summed E-state index contributed by atoms with van der Waals surface area (Å²) in [7, 11) is 0. The number of rotatable bonds is 4. The van der Waals surface area contributed by atoms with Gasteiger partial charge in [-0.05, 0) is 52.2 Å². The molecular formula is C15H15N5O2S2. The Hall–Kier alpha value is -2.26. The molecule has 9 heteroatoms. The molecule has 1 saturated heterocycles. The molecule has 1 fully saturated rings. The van der Waals surface area contributed by atoms with Crippen molar-refractivity contribution >= 4 is 28.6 Å². The summed E-state index contributed by atoms with van der Waals surface area (Å²) in [6.45, 7) is 1.09. The molecular weight excluding hydrogens is 346 g/mol. The van der Waals surface area contributed by atoms with E-state index in [1.807, 2.05) is 39.9 Å². The molecule has 0 spiro atoms. The van der Waals surface area contributed by atoms with Crippen LogP contribution in [0.2, 0.25) is 0 Å². The van der Waals surface area contributed by atoms with E-state index < -0.39 is 0 Å². The van der Waals surface area contributed by atoms with Gasteiger partial charge in [-0.3, -0.25) is 4.79 Å². The molecule has 0 bridgehead atoms. The maximum absolute atomic E-state index is 12.6. The van der Waals surface area contributed by atoms with Crippen molar-refractivity contribution in [1.82, 2.24) is 24.7 Å². The van der Waals surface area contributed by atoms with Crippen molar-refractivity contribution in [1.29, 1.82) is 0 Å². The van der Waals surface area contributed by atoms with Gasteiger partial charge in [0.05, 0.1) is 17.5 Å². The quantitative estimate of drug-likeness (QED) is 0.711. The number of carbonyl (C=O) groups excluding carboxylic acids is 1. The molecule has 1 aliphatic heterocycles. The monoisotopic (exact) mass is 361 g/mol. The molecule has 0 aliphatic carbocycles. The van der Waals surface area contributed by atoms with Gasteiger partial charge in [0.25, 0.3) is 5.91 Å². The normalized spacial score (nSPS) is 17.5. The zero-order chi connectivity index (χ0) is 16.5. The summed E-state index contributed by atoms with van der Waals surface area (Å²) in [5.74, 6) is 0.0335. The van der Waals surface area contributed by atoms with Crippen LogP contribution in [0.15, 0.2) is 39.8 Å². The van der Waals surface area contributed by atoms with E-state index in [-0.39, 0.29) is 17.6 Å². The van der Waals surface area contributed by atoms with Gasteiger partial charge in [-0.2, -0.15) is 9.36 Å². The number of tetrazole rings is 1. The summed E-state index contributed by atoms with van der Waals surface area (Å²) in [5, 5.41) is 12.5. The number of likely N-dealkylation sites (tertiary alicyclic amines) is 1. The molecule has 1 aliphatic rings. The SMILES string of the molecule is O=C(c1cccs1)N1CCC[C@@H]1Cn1nnn(-c2cccs2)c1=O. The summed E-state index contributed by atoms with van der Waals surface area (Å²) in [5.41, 5.74) is -0.270. The van der Waals surface area contributed by atoms with Crippen LogP contribution in [0, 0.1) is 0 Å². The lowest BCUT2D eigenvalue weighted by atomic mass is 10.2. The number of hydrogen-bond acceptors (Lipinski definition) is 6. The maximum atomic E-state index is 12.6. The van der Waals surface area contributed by atoms with Gasteiger partial charge >= 0.3 is 5.69 Å². The van der Waals surface area contributed by atoms with E-state index in [0.717, 1.165) is 29.3 Å². The number of carbonyl (C=O) groups is 1. The second-order valence-electron chi connectivity index (χ2n) is 5.58. The van der Waals surface area contributed by atoms with Crippen molar-refractivity contribution in [3.05, 3.63) is 50.4 Å². The fourth-order valence-electron chi connectivity index (χ4n) is 2.95. The zero-order valence-corrected chi connectivity index (χ0v) is 14.4. The Bertz CT molecular complexity index is 882. The average molecular weight is 361 g/mol. The van der Waals surface area contributed by atoms with Crippen LogP contribution in [0.3, 0.4) is 0 Å². The molecule has 0 N–H and O–H groups in total. The van der Waals surface area contributed by atoms with Gasteiger partial charge in [-0.1, -0.05) is 6.07 Å². The van der Waals surface area contributed by atoms with Gasteiger partial charge in [0.2, 0.25) is 0 Å². The predicted octanol–water partition coefficient (Wildman–Crippen LogP) is 1.86. The lowest BCUT2D eigenvalue weighted by Crippen LogP contribution is -2.40. The van der Waals surface area contributed by atoms with Gasteiger partial charge in [-0.25, -0.2) is 4.79 Å². The molecule has 3 aromatic rings. The minimum Gasteiger partial charge on any atom is -0.333 e. The largest absolute Gasteiger partial charge is 0.369 e. The van der Waals surface area contributed by atoms with Crippen LogP contribution < -0.4 is 5.69 Å². The van der Waals surface area contributed by atoms with Crippen LogP contribution in [0.25, 0.3) is 5.00 Å². The Morgan fingerprint density at radius 3 is 2.79 bits per heavy atom. The molecule has 24 heavy (non-hydrogen) atoms. The number of aromatic nitrogens is 4. The number of hydrogen-bond donors (Lipinski definition) is 0. The van der Waals surface area contributed by atoms with E-state index in [1.165, 1.54) is 32.0 Å². The van der Waals surface area contributed by atoms with E-state index in [4.69, 9.17) is 0 Å². The Labute approximate surface area is 145 Å². The third kappa shape index (κ3) is 2.69. The molecule has 0 unspecified atom stereocenters. The fourth-order valence-corrected chi connectivity index (χ4v) is 4.30. The van der Waals surface area contributed by atoms with E-state index in [9.17, 15) is 9.59 Å². The molecule has 0 aromatic carbocycles. The Morgan fingerprint density at radius 1 is 1.21 bits per heavy atom. The minimum atomic E-state index is -0.270. The van der Waals surface area contributed by atoms with Gasteiger partial charge in [-0.15, -0.1) is 22.7 Å². The van der Waals surface area contributed by atoms with Crippen molar-refractivity contribution in [2.45, 2.75) is 25.4 Å². The van der Waals surface area contributed by atoms with Gasteiger partial charge < -0.3 is 4.90 Å². The first-order chi connectivity index (χ1) is 11.7. The van der Waals surface area contributed by atoms with Crippen LogP contribution in [0.5, 0.6) is 0 Å². The van der Waals surface area contributed by atoms with Crippen LogP contribution in [-0.4, -0.2) is 43.2 Å². The second kappa shape index (κ2) is 6.33. The number of thiophene rings is 2. The standard InChI is InChI=1S/C15H15N5O2S2/c21-14(12-5-2-8-23-12)18-7-1-4-11(18)10-19-15(22)20(17-16-19)13-6-3-9-24-13/h2-3,5-6,8-9,11H,1,4,7,10H2/t11-/m1/s1. The van der Waals surface area contributed by atoms with Crippen molar-refractivity contribution in [2.75, 3.05) is 6.54 Å². The molecule has 4 rings (SSSR count). The number of nitrogens with zero attached hydrogens (tertiary/aromatic N) is 5. The van der Waals surface area contributed by atoms with E-state index in [1.54, 1.807) is 0 Å². The topological polar surface area (TPSA) is 73.0 Å². The van der Waals surface area contributed by atoms with E-state index in [0.29, 0.717) is 6.54 Å². The van der Waals surface area contributed by atoms with E-state index in [2.05, 4.69) is 10.4 Å². The fraction of sp³-hybridized carbons (Fsp3) is 0.333. The highest BCUT2D eigenvalue weighted by Crippen LogP contribution is 2.23. The third-order valence-corrected chi connectivity index (χ3v) is 5.81. The van der Waals surface area contributed by atoms with Crippen LogP contribution >= 0.6 is 22.7 Å². The Morgan fingerprint density at radius 2 is 2.04 bits per heavy atom.